The lowest BCUT2D eigenvalue weighted by Crippen LogP contribution is -2.15. The molecular weight excluding hydrogens is 311 g/mol. The van der Waals surface area contributed by atoms with Crippen molar-refractivity contribution in [3.05, 3.63) is 58.1 Å². The third kappa shape index (κ3) is 3.52. The maximum atomic E-state index is 13.9. The zero-order valence-corrected chi connectivity index (χ0v) is 12.0. The van der Waals surface area contributed by atoms with Crippen molar-refractivity contribution in [2.75, 3.05) is 7.11 Å². The summed E-state index contributed by atoms with van der Waals surface area (Å²) in [4.78, 5) is 4.23. The molecule has 1 aromatic heterocycles. The Labute approximate surface area is 119 Å². The third-order valence-electron chi connectivity index (χ3n) is 2.82. The van der Waals surface area contributed by atoms with Gasteiger partial charge in [-0.15, -0.1) is 0 Å². The van der Waals surface area contributed by atoms with Crippen molar-refractivity contribution in [3.8, 4) is 5.75 Å². The highest BCUT2D eigenvalue weighted by atomic mass is 79.9. The minimum absolute atomic E-state index is 0.357. The molecule has 0 saturated carbocycles. The van der Waals surface area contributed by atoms with Crippen LogP contribution in [0.4, 0.5) is 4.39 Å². The summed E-state index contributed by atoms with van der Waals surface area (Å²) in [6, 6.07) is 8.01. The van der Waals surface area contributed by atoms with Crippen molar-refractivity contribution in [2.24, 2.45) is 5.73 Å². The molecule has 0 aliphatic carbocycles. The quantitative estimate of drug-likeness (QED) is 0.939. The molecule has 0 bridgehead atoms. The molecule has 0 aliphatic heterocycles. The van der Waals surface area contributed by atoms with Gasteiger partial charge in [0.25, 0.3) is 0 Å². The molecule has 1 unspecified atom stereocenters. The van der Waals surface area contributed by atoms with Gasteiger partial charge in [0.1, 0.15) is 11.6 Å². The van der Waals surface area contributed by atoms with Crippen molar-refractivity contribution < 1.29 is 9.13 Å². The van der Waals surface area contributed by atoms with Crippen molar-refractivity contribution in [1.29, 1.82) is 0 Å². The van der Waals surface area contributed by atoms with Crippen LogP contribution in [-0.4, -0.2) is 12.1 Å². The first-order valence-corrected chi connectivity index (χ1v) is 6.59. The van der Waals surface area contributed by atoms with E-state index in [-0.39, 0.29) is 5.82 Å². The van der Waals surface area contributed by atoms with Crippen LogP contribution >= 0.6 is 15.9 Å². The lowest BCUT2D eigenvalue weighted by Gasteiger charge is -2.13. The predicted molar refractivity (Wildman–Crippen MR) is 75.5 cm³/mol. The number of ether oxygens (including phenoxy) is 1. The number of aromatic nitrogens is 1. The molecule has 0 saturated heterocycles. The average Bonchev–Trinajstić information content (AvgIpc) is 2.41. The van der Waals surface area contributed by atoms with Crippen molar-refractivity contribution >= 4 is 15.9 Å². The molecule has 2 rings (SSSR count). The molecule has 1 atom stereocenters. The molecule has 0 aliphatic rings. The second-order valence-electron chi connectivity index (χ2n) is 4.17. The average molecular weight is 325 g/mol. The lowest BCUT2D eigenvalue weighted by molar-refractivity contribution is 0.410. The van der Waals surface area contributed by atoms with Crippen LogP contribution in [0, 0.1) is 5.82 Å². The van der Waals surface area contributed by atoms with E-state index in [1.54, 1.807) is 18.3 Å². The molecule has 0 amide bonds. The van der Waals surface area contributed by atoms with E-state index in [0.717, 1.165) is 10.2 Å². The monoisotopic (exact) mass is 324 g/mol. The normalized spacial score (nSPS) is 12.2. The Bertz CT molecular complexity index is 560. The second-order valence-corrected chi connectivity index (χ2v) is 5.08. The highest BCUT2D eigenvalue weighted by Crippen LogP contribution is 2.23. The number of benzene rings is 1. The van der Waals surface area contributed by atoms with Gasteiger partial charge >= 0.3 is 0 Å². The largest absolute Gasteiger partial charge is 0.497 e. The fourth-order valence-corrected chi connectivity index (χ4v) is 2.03. The molecule has 0 fully saturated rings. The molecule has 1 aromatic carbocycles. The lowest BCUT2D eigenvalue weighted by atomic mass is 10.0. The predicted octanol–water partition coefficient (Wildman–Crippen LogP) is 3.23. The Hall–Kier alpha value is -1.46. The maximum Gasteiger partial charge on any atom is 0.131 e. The van der Waals surface area contributed by atoms with Crippen LogP contribution < -0.4 is 10.5 Å². The first-order chi connectivity index (χ1) is 9.10. The molecule has 5 heteroatoms. The highest BCUT2D eigenvalue weighted by molar-refractivity contribution is 9.10. The fraction of sp³-hybridized carbons (Fsp3) is 0.214. The van der Waals surface area contributed by atoms with E-state index in [9.17, 15) is 4.39 Å². The summed E-state index contributed by atoms with van der Waals surface area (Å²) in [5.74, 6) is 0.124. The van der Waals surface area contributed by atoms with Gasteiger partial charge in [0.15, 0.2) is 0 Å². The number of nitrogens with zero attached hydrogens (tertiary/aromatic N) is 1. The molecule has 2 N–H and O–H groups in total. The van der Waals surface area contributed by atoms with Crippen molar-refractivity contribution in [2.45, 2.75) is 12.5 Å². The Balaban J connectivity index is 2.15. The molecular formula is C14H14BrFN2O. The van der Waals surface area contributed by atoms with Gasteiger partial charge in [-0.3, -0.25) is 4.98 Å². The number of hydrogen-bond acceptors (Lipinski definition) is 3. The minimum atomic E-state index is -0.431. The highest BCUT2D eigenvalue weighted by Gasteiger charge is 2.13. The molecule has 1 heterocycles. The molecule has 100 valence electrons. The van der Waals surface area contributed by atoms with Gasteiger partial charge in [0.05, 0.1) is 7.11 Å². The number of methoxy groups -OCH3 is 1. The van der Waals surface area contributed by atoms with Gasteiger partial charge in [-0.1, -0.05) is 6.07 Å². The number of hydrogen-bond donors (Lipinski definition) is 1. The molecule has 0 radical (unpaired) electrons. The maximum absolute atomic E-state index is 13.9. The van der Waals surface area contributed by atoms with Gasteiger partial charge in [0, 0.05) is 40.5 Å². The number of rotatable bonds is 4. The van der Waals surface area contributed by atoms with Crippen LogP contribution in [-0.2, 0) is 6.42 Å². The van der Waals surface area contributed by atoms with E-state index < -0.39 is 6.04 Å². The van der Waals surface area contributed by atoms with Gasteiger partial charge in [-0.05, 0) is 34.1 Å². The van der Waals surface area contributed by atoms with E-state index in [4.69, 9.17) is 10.5 Å². The molecule has 3 nitrogen and oxygen atoms in total. The fourth-order valence-electron chi connectivity index (χ4n) is 1.80. The van der Waals surface area contributed by atoms with Crippen LogP contribution in [0.5, 0.6) is 5.75 Å². The number of halogens is 2. The summed E-state index contributed by atoms with van der Waals surface area (Å²) in [7, 11) is 1.50. The van der Waals surface area contributed by atoms with Crippen LogP contribution in [0.25, 0.3) is 0 Å². The van der Waals surface area contributed by atoms with E-state index in [2.05, 4.69) is 20.9 Å². The van der Waals surface area contributed by atoms with Gasteiger partial charge in [0.2, 0.25) is 0 Å². The second kappa shape index (κ2) is 6.12. The van der Waals surface area contributed by atoms with E-state index in [1.165, 1.54) is 13.2 Å². The Morgan fingerprint density at radius 1 is 1.37 bits per heavy atom. The summed E-state index contributed by atoms with van der Waals surface area (Å²) in [5.41, 5.74) is 7.31. The first-order valence-electron chi connectivity index (χ1n) is 5.79. The Morgan fingerprint density at radius 3 is 2.74 bits per heavy atom. The first kappa shape index (κ1) is 14.0. The van der Waals surface area contributed by atoms with Crippen molar-refractivity contribution in [3.63, 3.8) is 0 Å². The summed E-state index contributed by atoms with van der Waals surface area (Å²) in [5, 5.41) is 0. The topological polar surface area (TPSA) is 48.1 Å². The summed E-state index contributed by atoms with van der Waals surface area (Å²) >= 11 is 3.32. The third-order valence-corrected chi connectivity index (χ3v) is 3.29. The molecule has 19 heavy (non-hydrogen) atoms. The zero-order chi connectivity index (χ0) is 13.8. The SMILES string of the molecule is COc1ccc(C(N)Cc2ccc(Br)cn2)c(F)c1. The molecule has 0 spiro atoms. The van der Waals surface area contributed by atoms with E-state index in [0.29, 0.717) is 17.7 Å². The van der Waals surface area contributed by atoms with Gasteiger partial charge < -0.3 is 10.5 Å². The van der Waals surface area contributed by atoms with Crippen LogP contribution in [0.2, 0.25) is 0 Å². The smallest absolute Gasteiger partial charge is 0.131 e. The van der Waals surface area contributed by atoms with E-state index in [1.807, 2.05) is 12.1 Å². The van der Waals surface area contributed by atoms with Gasteiger partial charge in [-0.25, -0.2) is 4.39 Å². The summed E-state index contributed by atoms with van der Waals surface area (Å²) < 4.78 is 19.7. The number of pyridine rings is 1. The van der Waals surface area contributed by atoms with Crippen LogP contribution in [0.3, 0.4) is 0 Å². The molecule has 2 aromatic rings. The van der Waals surface area contributed by atoms with Crippen LogP contribution in [0.1, 0.15) is 17.3 Å². The summed E-state index contributed by atoms with van der Waals surface area (Å²) in [6.07, 6.45) is 2.18. The van der Waals surface area contributed by atoms with Crippen LogP contribution in [0.15, 0.2) is 41.0 Å². The summed E-state index contributed by atoms with van der Waals surface area (Å²) in [6.45, 7) is 0. The minimum Gasteiger partial charge on any atom is -0.497 e. The van der Waals surface area contributed by atoms with Gasteiger partial charge in [-0.2, -0.15) is 0 Å². The van der Waals surface area contributed by atoms with Crippen molar-refractivity contribution in [1.82, 2.24) is 4.98 Å². The Kier molecular flexibility index (Phi) is 4.50. The Morgan fingerprint density at radius 2 is 2.16 bits per heavy atom. The number of nitrogens with two attached hydrogens (primary N) is 1. The van der Waals surface area contributed by atoms with E-state index >= 15 is 0 Å². The standard InChI is InChI=1S/C14H14BrFN2O/c1-19-11-4-5-12(13(16)7-11)14(17)6-10-3-2-9(15)8-18-10/h2-5,7-8,14H,6,17H2,1H3. The zero-order valence-electron chi connectivity index (χ0n) is 10.4.